The van der Waals surface area contributed by atoms with Crippen LogP contribution in [0.25, 0.3) is 80.7 Å². The van der Waals surface area contributed by atoms with E-state index in [1.165, 1.54) is 75.0 Å². The summed E-state index contributed by atoms with van der Waals surface area (Å²) in [6.45, 7) is 0. The van der Waals surface area contributed by atoms with Gasteiger partial charge < -0.3 is 9.47 Å². The van der Waals surface area contributed by atoms with E-state index in [0.717, 1.165) is 22.7 Å². The first-order valence-corrected chi connectivity index (χ1v) is 19.6. The van der Waals surface area contributed by atoms with E-state index in [-0.39, 0.29) is 0 Å². The van der Waals surface area contributed by atoms with Crippen LogP contribution in [0.2, 0.25) is 0 Å². The molecule has 0 N–H and O–H groups in total. The molecule has 0 amide bonds. The predicted molar refractivity (Wildman–Crippen MR) is 237 cm³/mol. The lowest BCUT2D eigenvalue weighted by atomic mass is 10.0. The fourth-order valence-electron chi connectivity index (χ4n) is 8.42. The van der Waals surface area contributed by atoms with E-state index in [0.29, 0.717) is 0 Å². The van der Waals surface area contributed by atoms with Crippen LogP contribution >= 0.6 is 11.3 Å². The van der Waals surface area contributed by atoms with Crippen molar-refractivity contribution in [3.8, 4) is 27.9 Å². The number of thiophene rings is 1. The molecule has 2 heterocycles. The van der Waals surface area contributed by atoms with Crippen molar-refractivity contribution in [3.05, 3.63) is 206 Å². The molecule has 2 aromatic heterocycles. The second-order valence-corrected chi connectivity index (χ2v) is 15.2. The van der Waals surface area contributed by atoms with Gasteiger partial charge in [-0.1, -0.05) is 152 Å². The van der Waals surface area contributed by atoms with E-state index in [1.54, 1.807) is 0 Å². The summed E-state index contributed by atoms with van der Waals surface area (Å²) >= 11 is 1.89. The zero-order chi connectivity index (χ0) is 36.3. The maximum Gasteiger partial charge on any atom is 0.0541 e. The van der Waals surface area contributed by atoms with Crippen LogP contribution in [-0.4, -0.2) is 4.57 Å². The minimum atomic E-state index is 1.11. The Morgan fingerprint density at radius 3 is 1.82 bits per heavy atom. The summed E-state index contributed by atoms with van der Waals surface area (Å²) in [5, 5.41) is 7.74. The summed E-state index contributed by atoms with van der Waals surface area (Å²) in [6.07, 6.45) is 0. The molecule has 11 aromatic rings. The minimum Gasteiger partial charge on any atom is -0.310 e. The molecular weight excluding hydrogens is 685 g/mol. The van der Waals surface area contributed by atoms with Crippen molar-refractivity contribution in [1.29, 1.82) is 0 Å². The quantitative estimate of drug-likeness (QED) is 0.166. The number of benzene rings is 9. The number of hydrogen-bond acceptors (Lipinski definition) is 2. The third-order valence-electron chi connectivity index (χ3n) is 11.0. The summed E-state index contributed by atoms with van der Waals surface area (Å²) in [4.78, 5) is 2.42. The molecule has 11 rings (SSSR count). The standard InChI is InChI=1S/C52H34N2S/c1-2-13-36(14-3-1)42-18-6-9-22-48(42)53(41-30-32-46-47-31-27-37-15-4-5-19-43(37)52(47)55-51(46)34-41)39-28-25-35(26-29-39)38-16-12-17-40(33-38)54-49-23-10-7-20-44(49)45-21-8-11-24-50(45)54/h1-34H. The SMILES string of the molecule is c1ccc(-c2ccccc2N(c2ccc(-c3cccc(-n4c5ccccc5c5ccccc54)c3)cc2)c2ccc3c(c2)sc2c4ccccc4ccc32)cc1. The third-order valence-corrected chi connectivity index (χ3v) is 12.2. The van der Waals surface area contributed by atoms with Crippen molar-refractivity contribution in [2.24, 2.45) is 0 Å². The van der Waals surface area contributed by atoms with E-state index in [2.05, 4.69) is 216 Å². The number of hydrogen-bond donors (Lipinski definition) is 0. The average Bonchev–Trinajstić information content (AvgIpc) is 3.80. The lowest BCUT2D eigenvalue weighted by Gasteiger charge is -2.28. The third kappa shape index (κ3) is 5.24. The van der Waals surface area contributed by atoms with Crippen molar-refractivity contribution in [1.82, 2.24) is 4.57 Å². The Kier molecular flexibility index (Phi) is 7.39. The zero-order valence-electron chi connectivity index (χ0n) is 29.9. The minimum absolute atomic E-state index is 1.11. The van der Waals surface area contributed by atoms with Crippen LogP contribution < -0.4 is 4.90 Å². The number of para-hydroxylation sites is 3. The molecule has 0 spiro atoms. The highest BCUT2D eigenvalue weighted by molar-refractivity contribution is 7.26. The van der Waals surface area contributed by atoms with Crippen LogP contribution in [0.5, 0.6) is 0 Å². The van der Waals surface area contributed by atoms with Crippen molar-refractivity contribution in [2.75, 3.05) is 4.90 Å². The highest BCUT2D eigenvalue weighted by Crippen LogP contribution is 2.45. The Labute approximate surface area is 323 Å². The lowest BCUT2D eigenvalue weighted by Crippen LogP contribution is -2.11. The molecule has 3 heteroatoms. The number of aromatic nitrogens is 1. The molecule has 0 aliphatic rings. The molecule has 0 unspecified atom stereocenters. The van der Waals surface area contributed by atoms with Gasteiger partial charge >= 0.3 is 0 Å². The molecule has 0 bridgehead atoms. The Hall–Kier alpha value is -6.94. The van der Waals surface area contributed by atoms with Crippen molar-refractivity contribution < 1.29 is 0 Å². The number of rotatable bonds is 6. The van der Waals surface area contributed by atoms with Gasteiger partial charge in [-0.15, -0.1) is 11.3 Å². The molecular formula is C52H34N2S. The first kappa shape index (κ1) is 31.6. The number of fused-ring (bicyclic) bond motifs is 8. The smallest absolute Gasteiger partial charge is 0.0541 e. The van der Waals surface area contributed by atoms with E-state index in [1.807, 2.05) is 11.3 Å². The van der Waals surface area contributed by atoms with Crippen LogP contribution in [0.1, 0.15) is 0 Å². The summed E-state index contributed by atoms with van der Waals surface area (Å²) in [7, 11) is 0. The van der Waals surface area contributed by atoms with Gasteiger partial charge in [0, 0.05) is 53.6 Å². The number of anilines is 3. The second-order valence-electron chi connectivity index (χ2n) is 14.1. The largest absolute Gasteiger partial charge is 0.310 e. The van der Waals surface area contributed by atoms with Gasteiger partial charge in [-0.3, -0.25) is 0 Å². The Bertz CT molecular complexity index is 3150. The fourth-order valence-corrected chi connectivity index (χ4v) is 9.69. The predicted octanol–water partition coefficient (Wildman–Crippen LogP) is 15.1. The van der Waals surface area contributed by atoms with Crippen molar-refractivity contribution >= 4 is 81.1 Å². The van der Waals surface area contributed by atoms with Crippen LogP contribution in [0.4, 0.5) is 17.1 Å². The molecule has 55 heavy (non-hydrogen) atoms. The molecule has 0 atom stereocenters. The average molecular weight is 719 g/mol. The molecule has 0 radical (unpaired) electrons. The summed E-state index contributed by atoms with van der Waals surface area (Å²) in [5.41, 5.74) is 11.7. The summed E-state index contributed by atoms with van der Waals surface area (Å²) in [5.74, 6) is 0. The van der Waals surface area contributed by atoms with E-state index >= 15 is 0 Å². The summed E-state index contributed by atoms with van der Waals surface area (Å²) < 4.78 is 5.01. The molecule has 0 aliphatic heterocycles. The van der Waals surface area contributed by atoms with Crippen LogP contribution in [0.3, 0.4) is 0 Å². The fraction of sp³-hybridized carbons (Fsp3) is 0. The molecule has 2 nitrogen and oxygen atoms in total. The molecule has 0 aliphatic carbocycles. The second kappa shape index (κ2) is 12.9. The Balaban J connectivity index is 1.05. The highest BCUT2D eigenvalue weighted by atomic mass is 32.1. The Morgan fingerprint density at radius 2 is 1.02 bits per heavy atom. The molecule has 0 fully saturated rings. The van der Waals surface area contributed by atoms with Gasteiger partial charge in [-0.25, -0.2) is 0 Å². The maximum absolute atomic E-state index is 2.42. The topological polar surface area (TPSA) is 8.17 Å². The molecule has 258 valence electrons. The maximum atomic E-state index is 2.42. The van der Waals surface area contributed by atoms with Crippen molar-refractivity contribution in [3.63, 3.8) is 0 Å². The summed E-state index contributed by atoms with van der Waals surface area (Å²) in [6, 6.07) is 75.1. The Morgan fingerprint density at radius 1 is 0.382 bits per heavy atom. The first-order valence-electron chi connectivity index (χ1n) is 18.8. The van der Waals surface area contributed by atoms with Crippen molar-refractivity contribution in [2.45, 2.75) is 0 Å². The van der Waals surface area contributed by atoms with E-state index in [9.17, 15) is 0 Å². The first-order chi connectivity index (χ1) is 27.3. The van der Waals surface area contributed by atoms with E-state index < -0.39 is 0 Å². The monoisotopic (exact) mass is 718 g/mol. The van der Waals surface area contributed by atoms with Gasteiger partial charge in [0.1, 0.15) is 0 Å². The molecule has 9 aromatic carbocycles. The molecule has 0 saturated heterocycles. The van der Waals surface area contributed by atoms with Crippen LogP contribution in [0.15, 0.2) is 206 Å². The van der Waals surface area contributed by atoms with Gasteiger partial charge in [0.05, 0.1) is 16.7 Å². The normalized spacial score (nSPS) is 11.6. The van der Waals surface area contributed by atoms with E-state index in [4.69, 9.17) is 0 Å². The lowest BCUT2D eigenvalue weighted by molar-refractivity contribution is 1.18. The van der Waals surface area contributed by atoms with Crippen LogP contribution in [-0.2, 0) is 0 Å². The zero-order valence-corrected chi connectivity index (χ0v) is 30.7. The van der Waals surface area contributed by atoms with Gasteiger partial charge in [-0.2, -0.15) is 0 Å². The van der Waals surface area contributed by atoms with Gasteiger partial charge in [0.25, 0.3) is 0 Å². The highest BCUT2D eigenvalue weighted by Gasteiger charge is 2.19. The van der Waals surface area contributed by atoms with Gasteiger partial charge in [0.15, 0.2) is 0 Å². The van der Waals surface area contributed by atoms with Gasteiger partial charge in [0.2, 0.25) is 0 Å². The van der Waals surface area contributed by atoms with Gasteiger partial charge in [-0.05, 0) is 82.1 Å². The van der Waals surface area contributed by atoms with Crippen LogP contribution in [0, 0.1) is 0 Å². The molecule has 0 saturated carbocycles. The number of nitrogens with zero attached hydrogens (tertiary/aromatic N) is 2.